The molecule has 0 bridgehead atoms. The van der Waals surface area contributed by atoms with Crippen LogP contribution in [0.3, 0.4) is 0 Å². The molecule has 1 aromatic heterocycles. The molecule has 0 saturated heterocycles. The van der Waals surface area contributed by atoms with E-state index in [1.54, 1.807) is 18.2 Å². The van der Waals surface area contributed by atoms with Gasteiger partial charge in [0.05, 0.1) is 17.4 Å². The van der Waals surface area contributed by atoms with Gasteiger partial charge in [0.25, 0.3) is 5.91 Å². The number of aromatic nitrogens is 1. The molecule has 0 N–H and O–H groups in total. The maximum atomic E-state index is 13.8. The van der Waals surface area contributed by atoms with Gasteiger partial charge >= 0.3 is 5.92 Å². The first-order valence-electron chi connectivity index (χ1n) is 7.57. The minimum Gasteiger partial charge on any atom is -0.268 e. The van der Waals surface area contributed by atoms with Crippen LogP contribution < -0.4 is 0 Å². The molecule has 0 unspecified atom stereocenters. The molecule has 2 aromatic rings. The molecule has 0 spiro atoms. The van der Waals surface area contributed by atoms with Gasteiger partial charge in [-0.05, 0) is 11.6 Å². The molecule has 10 heteroatoms. The van der Waals surface area contributed by atoms with Crippen LogP contribution >= 0.6 is 0 Å². The maximum Gasteiger partial charge on any atom is 0.301 e. The normalized spacial score (nSPS) is 11.6. The zero-order valence-corrected chi connectivity index (χ0v) is 14.7. The number of carbonyl (C=O) groups excluding carboxylic acids is 1. The second kappa shape index (κ2) is 8.18. The Labute approximate surface area is 153 Å². The number of carbonyl (C=O) groups is 1. The quantitative estimate of drug-likeness (QED) is 0.670. The van der Waals surface area contributed by atoms with E-state index in [9.17, 15) is 26.4 Å². The summed E-state index contributed by atoms with van der Waals surface area (Å²) in [5, 5.41) is 8.91. The summed E-state index contributed by atoms with van der Waals surface area (Å²) in [6.07, 6.45) is 1.66. The van der Waals surface area contributed by atoms with E-state index in [0.29, 0.717) is 5.56 Å². The predicted molar refractivity (Wildman–Crippen MR) is 89.8 cm³/mol. The number of sulfonamides is 1. The predicted octanol–water partition coefficient (Wildman–Crippen LogP) is 2.64. The average Bonchev–Trinajstić information content (AvgIpc) is 2.66. The zero-order valence-electron chi connectivity index (χ0n) is 13.8. The number of nitriles is 1. The first-order chi connectivity index (χ1) is 12.7. The molecule has 6 nitrogen and oxygen atoms in total. The van der Waals surface area contributed by atoms with Gasteiger partial charge in [0.15, 0.2) is 6.67 Å². The fourth-order valence-corrected chi connectivity index (χ4v) is 3.69. The topological polar surface area (TPSA) is 91.1 Å². The van der Waals surface area contributed by atoms with E-state index in [1.807, 2.05) is 0 Å². The highest BCUT2D eigenvalue weighted by molar-refractivity contribution is 7.88. The Morgan fingerprint density at radius 3 is 2.48 bits per heavy atom. The molecular formula is C17H14F3N3O3S. The highest BCUT2D eigenvalue weighted by Crippen LogP contribution is 2.31. The number of alkyl halides is 3. The van der Waals surface area contributed by atoms with Crippen LogP contribution in [0.15, 0.2) is 48.8 Å². The Balaban J connectivity index is 2.46. The van der Waals surface area contributed by atoms with E-state index in [-0.39, 0.29) is 4.31 Å². The van der Waals surface area contributed by atoms with Crippen molar-refractivity contribution in [1.29, 1.82) is 5.26 Å². The number of rotatable bonds is 7. The summed E-state index contributed by atoms with van der Waals surface area (Å²) < 4.78 is 65.7. The number of hydrogen-bond acceptors (Lipinski definition) is 5. The SMILES string of the molecule is N#CCN(C(=O)c1cnccc1C(F)(F)CF)S(=O)(=O)Cc1ccccc1. The van der Waals surface area contributed by atoms with E-state index in [1.165, 1.54) is 18.2 Å². The summed E-state index contributed by atoms with van der Waals surface area (Å²) in [5.41, 5.74) is -1.44. The molecule has 27 heavy (non-hydrogen) atoms. The molecule has 142 valence electrons. The van der Waals surface area contributed by atoms with Crippen molar-refractivity contribution in [3.8, 4) is 6.07 Å². The molecule has 0 radical (unpaired) electrons. The summed E-state index contributed by atoms with van der Waals surface area (Å²) >= 11 is 0. The first-order valence-corrected chi connectivity index (χ1v) is 9.17. The minimum atomic E-state index is -4.36. The largest absolute Gasteiger partial charge is 0.301 e. The summed E-state index contributed by atoms with van der Waals surface area (Å²) in [6.45, 7) is -2.96. The molecule has 1 heterocycles. The third-order valence-corrected chi connectivity index (χ3v) is 5.25. The van der Waals surface area contributed by atoms with E-state index in [4.69, 9.17) is 5.26 Å². The molecule has 0 fully saturated rings. The van der Waals surface area contributed by atoms with Crippen molar-refractivity contribution in [3.05, 3.63) is 65.5 Å². The van der Waals surface area contributed by atoms with Crippen LogP contribution in [0.2, 0.25) is 0 Å². The lowest BCUT2D eigenvalue weighted by molar-refractivity contribution is -0.0289. The third kappa shape index (κ3) is 4.62. The lowest BCUT2D eigenvalue weighted by Gasteiger charge is -2.22. The Bertz CT molecular complexity index is 960. The number of amides is 1. The molecule has 0 atom stereocenters. The second-order valence-electron chi connectivity index (χ2n) is 5.47. The number of pyridine rings is 1. The lowest BCUT2D eigenvalue weighted by atomic mass is 10.0. The van der Waals surface area contributed by atoms with E-state index in [2.05, 4.69) is 4.98 Å². The Hall–Kier alpha value is -2.93. The van der Waals surface area contributed by atoms with Crippen LogP contribution in [0.25, 0.3) is 0 Å². The highest BCUT2D eigenvalue weighted by atomic mass is 32.2. The average molecular weight is 397 g/mol. The van der Waals surface area contributed by atoms with Gasteiger partial charge in [-0.25, -0.2) is 17.1 Å². The number of hydrogen-bond donors (Lipinski definition) is 0. The van der Waals surface area contributed by atoms with E-state index in [0.717, 1.165) is 18.5 Å². The number of halogens is 3. The Kier molecular flexibility index (Phi) is 6.17. The van der Waals surface area contributed by atoms with E-state index >= 15 is 0 Å². The van der Waals surface area contributed by atoms with Crippen molar-refractivity contribution in [3.63, 3.8) is 0 Å². The van der Waals surface area contributed by atoms with Crippen molar-refractivity contribution in [2.24, 2.45) is 0 Å². The Morgan fingerprint density at radius 2 is 1.89 bits per heavy atom. The van der Waals surface area contributed by atoms with Gasteiger partial charge in [-0.2, -0.15) is 14.0 Å². The molecule has 2 rings (SSSR count). The van der Waals surface area contributed by atoms with Crippen molar-refractivity contribution < 1.29 is 26.4 Å². The maximum absolute atomic E-state index is 13.8. The van der Waals surface area contributed by atoms with Crippen LogP contribution in [-0.4, -0.2) is 36.8 Å². The standard InChI is InChI=1S/C17H14F3N3O3S/c18-12-17(19,20)15-6-8-22-10-14(15)16(24)23(9-7-21)27(25,26)11-13-4-2-1-3-5-13/h1-6,8,10H,9,11-12H2. The summed E-state index contributed by atoms with van der Waals surface area (Å²) in [5.74, 6) is -5.99. The van der Waals surface area contributed by atoms with Gasteiger partial charge < -0.3 is 0 Å². The third-order valence-electron chi connectivity index (χ3n) is 3.58. The minimum absolute atomic E-state index is 0.189. The summed E-state index contributed by atoms with van der Waals surface area (Å²) in [7, 11) is -4.36. The van der Waals surface area contributed by atoms with Gasteiger partial charge in [0.1, 0.15) is 6.54 Å². The van der Waals surface area contributed by atoms with Crippen LogP contribution in [0, 0.1) is 11.3 Å². The molecule has 1 amide bonds. The smallest absolute Gasteiger partial charge is 0.268 e. The van der Waals surface area contributed by atoms with Crippen LogP contribution in [-0.2, 0) is 21.7 Å². The van der Waals surface area contributed by atoms with Gasteiger partial charge in [-0.1, -0.05) is 30.3 Å². The Morgan fingerprint density at radius 1 is 1.22 bits per heavy atom. The molecule has 0 aliphatic rings. The number of benzene rings is 1. The zero-order chi connectivity index (χ0) is 20.1. The van der Waals surface area contributed by atoms with Gasteiger partial charge in [-0.15, -0.1) is 0 Å². The second-order valence-corrected chi connectivity index (χ2v) is 7.36. The number of nitrogens with zero attached hydrogens (tertiary/aromatic N) is 3. The van der Waals surface area contributed by atoms with Gasteiger partial charge in [0, 0.05) is 18.0 Å². The van der Waals surface area contributed by atoms with Crippen LogP contribution in [0.5, 0.6) is 0 Å². The van der Waals surface area contributed by atoms with Crippen molar-refractivity contribution in [2.75, 3.05) is 13.2 Å². The molecule has 0 saturated carbocycles. The molecule has 0 aliphatic heterocycles. The monoisotopic (exact) mass is 397 g/mol. The van der Waals surface area contributed by atoms with Crippen molar-refractivity contribution in [2.45, 2.75) is 11.7 Å². The molecular weight excluding hydrogens is 383 g/mol. The van der Waals surface area contributed by atoms with Crippen molar-refractivity contribution in [1.82, 2.24) is 9.29 Å². The fourth-order valence-electron chi connectivity index (χ4n) is 2.31. The molecule has 0 aliphatic carbocycles. The first kappa shape index (κ1) is 20.4. The lowest BCUT2D eigenvalue weighted by Crippen LogP contribution is -2.39. The van der Waals surface area contributed by atoms with Crippen molar-refractivity contribution >= 4 is 15.9 Å². The molecule has 1 aromatic carbocycles. The van der Waals surface area contributed by atoms with E-state index < -0.39 is 52.0 Å². The summed E-state index contributed by atoms with van der Waals surface area (Å²) in [6, 6.07) is 10.1. The van der Waals surface area contributed by atoms with Crippen LogP contribution in [0.4, 0.5) is 13.2 Å². The van der Waals surface area contributed by atoms with Crippen LogP contribution in [0.1, 0.15) is 21.5 Å². The van der Waals surface area contributed by atoms with Gasteiger partial charge in [-0.3, -0.25) is 9.78 Å². The highest BCUT2D eigenvalue weighted by Gasteiger charge is 2.38. The summed E-state index contributed by atoms with van der Waals surface area (Å²) in [4.78, 5) is 16.2. The fraction of sp³-hybridized carbons (Fsp3) is 0.235. The van der Waals surface area contributed by atoms with Gasteiger partial charge in [0.2, 0.25) is 10.0 Å².